The molecule has 0 atom stereocenters. The number of halogens is 2. The van der Waals surface area contributed by atoms with E-state index in [1.807, 2.05) is 6.92 Å². The second-order valence-corrected chi connectivity index (χ2v) is 7.27. The molecule has 0 amide bonds. The van der Waals surface area contributed by atoms with Crippen LogP contribution in [0.4, 0.5) is 8.78 Å². The van der Waals surface area contributed by atoms with Gasteiger partial charge in [0.15, 0.2) is 11.4 Å². The van der Waals surface area contributed by atoms with Crippen LogP contribution in [0.2, 0.25) is 0 Å². The topological polar surface area (TPSA) is 95.1 Å². The highest BCUT2D eigenvalue weighted by atomic mass is 19.3. The van der Waals surface area contributed by atoms with Crippen molar-refractivity contribution in [2.45, 2.75) is 45.8 Å². The summed E-state index contributed by atoms with van der Waals surface area (Å²) in [6.45, 7) is -0.663. The summed E-state index contributed by atoms with van der Waals surface area (Å²) in [6.07, 6.45) is 3.88. The maximum atomic E-state index is 12.9. The molecule has 10 heteroatoms. The van der Waals surface area contributed by atoms with Crippen molar-refractivity contribution in [1.29, 1.82) is 0 Å². The minimum absolute atomic E-state index is 0.0741. The van der Waals surface area contributed by atoms with E-state index < -0.39 is 18.1 Å². The third-order valence-corrected chi connectivity index (χ3v) is 5.39. The normalized spacial score (nSPS) is 12.7. The van der Waals surface area contributed by atoms with E-state index in [0.717, 1.165) is 6.42 Å². The highest BCUT2D eigenvalue weighted by molar-refractivity contribution is 5.88. The lowest BCUT2D eigenvalue weighted by Gasteiger charge is -2.21. The SMILES string of the molecule is CCCCn1c2c(cc(C(=O)O)c1=O)CCc1c-2nc2c(OC)cc(OC(F)F)cn12. The quantitative estimate of drug-likeness (QED) is 0.614. The van der Waals surface area contributed by atoms with Crippen LogP contribution in [0.5, 0.6) is 11.5 Å². The summed E-state index contributed by atoms with van der Waals surface area (Å²) in [7, 11) is 1.40. The van der Waals surface area contributed by atoms with Gasteiger partial charge in [0.05, 0.1) is 24.7 Å². The molecule has 0 bridgehead atoms. The number of aromatic nitrogens is 3. The van der Waals surface area contributed by atoms with Gasteiger partial charge in [0, 0.05) is 12.6 Å². The molecule has 0 unspecified atom stereocenters. The van der Waals surface area contributed by atoms with E-state index in [1.165, 1.54) is 30.0 Å². The number of pyridine rings is 2. The fourth-order valence-electron chi connectivity index (χ4n) is 4.01. The Labute approximate surface area is 175 Å². The van der Waals surface area contributed by atoms with Crippen LogP contribution in [-0.4, -0.2) is 38.7 Å². The van der Waals surface area contributed by atoms with Crippen molar-refractivity contribution in [2.75, 3.05) is 7.11 Å². The first-order chi connectivity index (χ1) is 14.8. The number of carboxylic acid groups (broad SMARTS) is 1. The number of alkyl halides is 2. The maximum Gasteiger partial charge on any atom is 0.387 e. The van der Waals surface area contributed by atoms with Crippen LogP contribution < -0.4 is 15.0 Å². The summed E-state index contributed by atoms with van der Waals surface area (Å²) in [6, 6.07) is 2.75. The number of rotatable bonds is 7. The zero-order valence-electron chi connectivity index (χ0n) is 17.0. The Balaban J connectivity index is 2.00. The molecule has 0 saturated carbocycles. The van der Waals surface area contributed by atoms with E-state index in [2.05, 4.69) is 9.72 Å². The molecule has 0 spiro atoms. The maximum absolute atomic E-state index is 12.9. The zero-order chi connectivity index (χ0) is 22.3. The molecule has 0 saturated heterocycles. The van der Waals surface area contributed by atoms with Crippen molar-refractivity contribution in [3.8, 4) is 22.9 Å². The number of hydrogen-bond donors (Lipinski definition) is 1. The monoisotopic (exact) mass is 433 g/mol. The number of carbonyl (C=O) groups is 1. The summed E-state index contributed by atoms with van der Waals surface area (Å²) >= 11 is 0. The van der Waals surface area contributed by atoms with Gasteiger partial charge in [0.25, 0.3) is 5.56 Å². The van der Waals surface area contributed by atoms with E-state index in [4.69, 9.17) is 4.74 Å². The Morgan fingerprint density at radius 3 is 2.74 bits per heavy atom. The number of fused-ring (bicyclic) bond motifs is 5. The molecule has 0 aromatic carbocycles. The molecule has 1 aliphatic rings. The number of imidazole rings is 1. The van der Waals surface area contributed by atoms with Gasteiger partial charge < -0.3 is 19.1 Å². The van der Waals surface area contributed by atoms with Crippen molar-refractivity contribution in [1.82, 2.24) is 14.0 Å². The Kier molecular flexibility index (Phi) is 5.38. The van der Waals surface area contributed by atoms with Gasteiger partial charge in [-0.2, -0.15) is 8.78 Å². The van der Waals surface area contributed by atoms with Gasteiger partial charge in [-0.25, -0.2) is 9.78 Å². The predicted octanol–water partition coefficient (Wildman–Crippen LogP) is 3.37. The smallest absolute Gasteiger partial charge is 0.387 e. The molecule has 1 N–H and O–H groups in total. The third kappa shape index (κ3) is 3.51. The molecule has 0 fully saturated rings. The van der Waals surface area contributed by atoms with E-state index in [9.17, 15) is 23.5 Å². The lowest BCUT2D eigenvalue weighted by atomic mass is 9.94. The summed E-state index contributed by atoms with van der Waals surface area (Å²) in [4.78, 5) is 29.2. The van der Waals surface area contributed by atoms with Crippen molar-refractivity contribution >= 4 is 11.6 Å². The highest BCUT2D eigenvalue weighted by Gasteiger charge is 2.29. The average Bonchev–Trinajstić information content (AvgIpc) is 3.10. The zero-order valence-corrected chi connectivity index (χ0v) is 17.0. The first-order valence-electron chi connectivity index (χ1n) is 9.89. The van der Waals surface area contributed by atoms with Gasteiger partial charge in [-0.05, 0) is 30.9 Å². The Bertz CT molecular complexity index is 1230. The first-order valence-corrected chi connectivity index (χ1v) is 9.89. The van der Waals surface area contributed by atoms with E-state index in [-0.39, 0.29) is 17.1 Å². The van der Waals surface area contributed by atoms with Crippen LogP contribution in [0.15, 0.2) is 23.1 Å². The van der Waals surface area contributed by atoms with E-state index in [1.54, 1.807) is 4.40 Å². The highest BCUT2D eigenvalue weighted by Crippen LogP contribution is 2.37. The number of nitrogens with zero attached hydrogens (tertiary/aromatic N) is 3. The number of methoxy groups -OCH3 is 1. The van der Waals surface area contributed by atoms with Crippen LogP contribution in [0.3, 0.4) is 0 Å². The summed E-state index contributed by atoms with van der Waals surface area (Å²) in [5.41, 5.74) is 2.05. The lowest BCUT2D eigenvalue weighted by molar-refractivity contribution is -0.0502. The average molecular weight is 433 g/mol. The molecule has 0 aliphatic heterocycles. The molecular formula is C21H21F2N3O5. The van der Waals surface area contributed by atoms with Crippen molar-refractivity contribution < 1.29 is 28.2 Å². The van der Waals surface area contributed by atoms with E-state index in [0.29, 0.717) is 54.1 Å². The predicted molar refractivity (Wildman–Crippen MR) is 107 cm³/mol. The first kappa shape index (κ1) is 20.8. The van der Waals surface area contributed by atoms with Gasteiger partial charge in [0.1, 0.15) is 17.0 Å². The number of aryl methyl sites for hydroxylation is 2. The van der Waals surface area contributed by atoms with Gasteiger partial charge >= 0.3 is 12.6 Å². The summed E-state index contributed by atoms with van der Waals surface area (Å²) in [5, 5.41) is 9.47. The second kappa shape index (κ2) is 8.01. The number of hydrogen-bond acceptors (Lipinski definition) is 5. The van der Waals surface area contributed by atoms with Crippen LogP contribution in [0.1, 0.15) is 41.4 Å². The van der Waals surface area contributed by atoms with E-state index >= 15 is 0 Å². The van der Waals surface area contributed by atoms with Gasteiger partial charge in [-0.15, -0.1) is 0 Å². The molecule has 3 aromatic rings. The fraction of sp³-hybridized carbons (Fsp3) is 0.381. The minimum atomic E-state index is -2.99. The number of unbranched alkanes of at least 4 members (excludes halogenated alkanes) is 1. The molecule has 1 aliphatic carbocycles. The molecule has 8 nitrogen and oxygen atoms in total. The molecule has 31 heavy (non-hydrogen) atoms. The molecule has 3 aromatic heterocycles. The second-order valence-electron chi connectivity index (χ2n) is 7.27. The van der Waals surface area contributed by atoms with Crippen molar-refractivity contribution in [3.05, 3.63) is 45.5 Å². The summed E-state index contributed by atoms with van der Waals surface area (Å²) in [5.74, 6) is -1.09. The summed E-state index contributed by atoms with van der Waals surface area (Å²) < 4.78 is 38.5. The molecule has 0 radical (unpaired) electrons. The number of carboxylic acids is 1. The van der Waals surface area contributed by atoms with Crippen LogP contribution in [-0.2, 0) is 19.4 Å². The number of aromatic carboxylic acids is 1. The lowest BCUT2D eigenvalue weighted by Crippen LogP contribution is -2.30. The van der Waals surface area contributed by atoms with Crippen molar-refractivity contribution in [3.63, 3.8) is 0 Å². The Morgan fingerprint density at radius 1 is 1.32 bits per heavy atom. The molecule has 3 heterocycles. The van der Waals surface area contributed by atoms with Gasteiger partial charge in [-0.1, -0.05) is 13.3 Å². The molecule has 4 rings (SSSR count). The molecule has 164 valence electrons. The van der Waals surface area contributed by atoms with Crippen LogP contribution >= 0.6 is 0 Å². The van der Waals surface area contributed by atoms with Gasteiger partial charge in [-0.3, -0.25) is 9.20 Å². The Morgan fingerprint density at radius 2 is 2.10 bits per heavy atom. The minimum Gasteiger partial charge on any atom is -0.493 e. The van der Waals surface area contributed by atoms with Crippen molar-refractivity contribution in [2.24, 2.45) is 0 Å². The fourth-order valence-corrected chi connectivity index (χ4v) is 4.01. The Hall–Kier alpha value is -3.43. The number of ether oxygens (including phenoxy) is 2. The van der Waals surface area contributed by atoms with Crippen LogP contribution in [0.25, 0.3) is 17.0 Å². The van der Waals surface area contributed by atoms with Gasteiger partial charge in [0.2, 0.25) is 0 Å². The van der Waals surface area contributed by atoms with Crippen LogP contribution in [0, 0.1) is 0 Å². The third-order valence-electron chi connectivity index (χ3n) is 5.39. The molecular weight excluding hydrogens is 412 g/mol. The largest absolute Gasteiger partial charge is 0.493 e. The standard InChI is InChI=1S/C21H21F2N3O5/c1-3-4-7-25-17-11(8-13(19(25)27)20(28)29)5-6-14-16(17)24-18-15(30-2)9-12(10-26(14)18)31-21(22)23/h8-10,21H,3-7H2,1-2H3,(H,28,29).